The second kappa shape index (κ2) is 6.78. The van der Waals surface area contributed by atoms with Gasteiger partial charge in [-0.2, -0.15) is 13.2 Å². The summed E-state index contributed by atoms with van der Waals surface area (Å²) in [4.78, 5) is 24.8. The molecule has 0 aliphatic carbocycles. The average molecular weight is 350 g/mol. The zero-order chi connectivity index (χ0) is 17.2. The van der Waals surface area contributed by atoms with Crippen LogP contribution in [0, 0.1) is 5.92 Å². The van der Waals surface area contributed by atoms with Gasteiger partial charge in [-0.3, -0.25) is 4.79 Å². The van der Waals surface area contributed by atoms with Gasteiger partial charge >= 0.3 is 12.1 Å². The van der Waals surface area contributed by atoms with Gasteiger partial charge in [-0.25, -0.2) is 4.79 Å². The lowest BCUT2D eigenvalue weighted by Gasteiger charge is -2.14. The highest BCUT2D eigenvalue weighted by atomic mass is 35.5. The summed E-state index contributed by atoms with van der Waals surface area (Å²) in [7, 11) is 0. The third kappa shape index (κ3) is 4.60. The van der Waals surface area contributed by atoms with Crippen molar-refractivity contribution in [2.24, 2.45) is 5.92 Å². The van der Waals surface area contributed by atoms with E-state index in [0.29, 0.717) is 25.6 Å². The van der Waals surface area contributed by atoms with Crippen molar-refractivity contribution in [1.82, 2.24) is 4.90 Å². The van der Waals surface area contributed by atoms with Crippen molar-refractivity contribution in [3.63, 3.8) is 0 Å². The van der Waals surface area contributed by atoms with Crippen LogP contribution in [0.2, 0.25) is 5.02 Å². The van der Waals surface area contributed by atoms with Crippen molar-refractivity contribution >= 4 is 23.5 Å². The van der Waals surface area contributed by atoms with E-state index in [9.17, 15) is 22.8 Å². The number of halogens is 4. The number of amides is 1. The number of alkyl halides is 3. The van der Waals surface area contributed by atoms with E-state index in [1.807, 2.05) is 0 Å². The van der Waals surface area contributed by atoms with Crippen molar-refractivity contribution in [3.05, 3.63) is 34.3 Å². The molecular formula is C15H15ClF3NO3. The first-order valence-corrected chi connectivity index (χ1v) is 7.35. The van der Waals surface area contributed by atoms with Crippen LogP contribution in [-0.4, -0.2) is 36.5 Å². The first-order chi connectivity index (χ1) is 10.7. The third-order valence-electron chi connectivity index (χ3n) is 3.64. The van der Waals surface area contributed by atoms with E-state index in [-0.39, 0.29) is 29.0 Å². The number of esters is 1. The molecule has 1 heterocycles. The summed E-state index contributed by atoms with van der Waals surface area (Å²) in [6, 6.07) is 2.60. The molecule has 1 saturated heterocycles. The molecule has 8 heteroatoms. The molecule has 1 amide bonds. The Hall–Kier alpha value is -1.76. The van der Waals surface area contributed by atoms with Gasteiger partial charge in [-0.15, -0.1) is 0 Å². The van der Waals surface area contributed by atoms with Crippen LogP contribution >= 0.6 is 11.6 Å². The molecule has 1 aromatic rings. The summed E-state index contributed by atoms with van der Waals surface area (Å²) in [6.45, 7) is 2.58. The van der Waals surface area contributed by atoms with Gasteiger partial charge in [0.2, 0.25) is 5.91 Å². The molecule has 2 rings (SSSR count). The fourth-order valence-electron chi connectivity index (χ4n) is 2.40. The van der Waals surface area contributed by atoms with E-state index in [2.05, 4.69) is 0 Å². The van der Waals surface area contributed by atoms with Gasteiger partial charge in [0.1, 0.15) is 0 Å². The molecule has 126 valence electrons. The molecule has 1 fully saturated rings. The fraction of sp³-hybridized carbons (Fsp3) is 0.467. The topological polar surface area (TPSA) is 46.6 Å². The normalized spacial score (nSPS) is 18.1. The molecule has 0 spiro atoms. The van der Waals surface area contributed by atoms with Crippen LogP contribution < -0.4 is 0 Å². The van der Waals surface area contributed by atoms with E-state index in [4.69, 9.17) is 16.3 Å². The molecule has 0 aromatic heterocycles. The summed E-state index contributed by atoms with van der Waals surface area (Å²) >= 11 is 5.63. The molecule has 0 unspecified atom stereocenters. The highest BCUT2D eigenvalue weighted by Crippen LogP contribution is 2.32. The number of benzene rings is 1. The molecule has 1 aliphatic heterocycles. The number of carbonyl (C=O) groups excluding carboxylic acids is 2. The van der Waals surface area contributed by atoms with Crippen LogP contribution in [0.25, 0.3) is 0 Å². The Labute approximate surface area is 136 Å². The van der Waals surface area contributed by atoms with Crippen LogP contribution in [0.3, 0.4) is 0 Å². The third-order valence-corrected chi connectivity index (χ3v) is 3.86. The zero-order valence-electron chi connectivity index (χ0n) is 12.3. The van der Waals surface area contributed by atoms with Crippen molar-refractivity contribution in [2.75, 3.05) is 19.7 Å². The van der Waals surface area contributed by atoms with Crippen LogP contribution in [0.4, 0.5) is 13.2 Å². The zero-order valence-corrected chi connectivity index (χ0v) is 13.1. The molecule has 1 aliphatic rings. The van der Waals surface area contributed by atoms with E-state index in [0.717, 1.165) is 12.1 Å². The lowest BCUT2D eigenvalue weighted by atomic mass is 10.1. The molecule has 4 nitrogen and oxygen atoms in total. The first kappa shape index (κ1) is 17.6. The van der Waals surface area contributed by atoms with Crippen LogP contribution in [-0.2, 0) is 15.7 Å². The Bertz CT molecular complexity index is 618. The number of hydrogen-bond acceptors (Lipinski definition) is 3. The van der Waals surface area contributed by atoms with Gasteiger partial charge in [-0.05, 0) is 24.6 Å². The van der Waals surface area contributed by atoms with Crippen LogP contribution in [0.1, 0.15) is 29.3 Å². The van der Waals surface area contributed by atoms with E-state index >= 15 is 0 Å². The molecular weight excluding hydrogens is 335 g/mol. The Morgan fingerprint density at radius 3 is 2.61 bits per heavy atom. The molecule has 1 atom stereocenters. The fourth-order valence-corrected chi connectivity index (χ4v) is 2.64. The largest absolute Gasteiger partial charge is 0.462 e. The molecule has 0 saturated carbocycles. The number of ether oxygens (including phenoxy) is 1. The maximum atomic E-state index is 12.7. The minimum atomic E-state index is -4.59. The van der Waals surface area contributed by atoms with Crippen molar-refractivity contribution < 1.29 is 27.5 Å². The van der Waals surface area contributed by atoms with Gasteiger partial charge < -0.3 is 9.64 Å². The summed E-state index contributed by atoms with van der Waals surface area (Å²) in [5.41, 5.74) is -1.24. The predicted octanol–water partition coefficient (Wildman–Crippen LogP) is 3.38. The number of carbonyl (C=O) groups is 2. The number of rotatable bonds is 3. The monoisotopic (exact) mass is 349 g/mol. The lowest BCUT2D eigenvalue weighted by molar-refractivity contribution is -0.137. The number of nitrogens with zero attached hydrogens (tertiary/aromatic N) is 1. The Kier molecular flexibility index (Phi) is 5.19. The molecule has 0 bridgehead atoms. The van der Waals surface area contributed by atoms with E-state index < -0.39 is 17.7 Å². The number of hydrogen-bond donors (Lipinski definition) is 0. The Balaban J connectivity index is 1.99. The first-order valence-electron chi connectivity index (χ1n) is 6.97. The quantitative estimate of drug-likeness (QED) is 0.786. The number of likely N-dealkylation sites (tertiary alicyclic amines) is 1. The van der Waals surface area contributed by atoms with Crippen LogP contribution in [0.15, 0.2) is 18.2 Å². The molecule has 0 radical (unpaired) electrons. The van der Waals surface area contributed by atoms with Crippen molar-refractivity contribution in [1.29, 1.82) is 0 Å². The van der Waals surface area contributed by atoms with Gasteiger partial charge in [0.15, 0.2) is 0 Å². The highest BCUT2D eigenvalue weighted by molar-refractivity contribution is 6.31. The van der Waals surface area contributed by atoms with Gasteiger partial charge in [0, 0.05) is 31.0 Å². The summed E-state index contributed by atoms with van der Waals surface area (Å²) in [6.07, 6.45) is -3.90. The van der Waals surface area contributed by atoms with Crippen molar-refractivity contribution in [3.8, 4) is 0 Å². The minimum absolute atomic E-state index is 0.0101. The second-order valence-electron chi connectivity index (χ2n) is 5.44. The van der Waals surface area contributed by atoms with Crippen LogP contribution in [0.5, 0.6) is 0 Å². The molecule has 0 N–H and O–H groups in total. The predicted molar refractivity (Wildman–Crippen MR) is 77.1 cm³/mol. The summed E-state index contributed by atoms with van der Waals surface area (Å²) in [5, 5.41) is -0.185. The van der Waals surface area contributed by atoms with Gasteiger partial charge in [-0.1, -0.05) is 11.6 Å². The second-order valence-corrected chi connectivity index (χ2v) is 5.88. The van der Waals surface area contributed by atoms with Gasteiger partial charge in [0.05, 0.1) is 17.7 Å². The Morgan fingerprint density at radius 1 is 1.35 bits per heavy atom. The smallest absolute Gasteiger partial charge is 0.416 e. The Morgan fingerprint density at radius 2 is 2.04 bits per heavy atom. The summed E-state index contributed by atoms with van der Waals surface area (Å²) in [5.74, 6) is -0.924. The standard InChI is InChI=1S/C15H15ClF3NO3/c1-9(21)20-3-2-10(7-20)8-23-14(22)11-4-12(15(17,18)19)6-13(16)5-11/h4-6,10H,2-3,7-8H2,1H3/t10-/m0/s1. The van der Waals surface area contributed by atoms with E-state index in [1.54, 1.807) is 4.90 Å². The highest BCUT2D eigenvalue weighted by Gasteiger charge is 2.32. The maximum absolute atomic E-state index is 12.7. The summed E-state index contributed by atoms with van der Waals surface area (Å²) < 4.78 is 43.2. The average Bonchev–Trinajstić information content (AvgIpc) is 2.92. The van der Waals surface area contributed by atoms with Gasteiger partial charge in [0.25, 0.3) is 0 Å². The van der Waals surface area contributed by atoms with Crippen molar-refractivity contribution in [2.45, 2.75) is 19.5 Å². The lowest BCUT2D eigenvalue weighted by Crippen LogP contribution is -2.26. The maximum Gasteiger partial charge on any atom is 0.416 e. The van der Waals surface area contributed by atoms with E-state index in [1.165, 1.54) is 6.92 Å². The molecule has 1 aromatic carbocycles. The SMILES string of the molecule is CC(=O)N1CC[C@H](COC(=O)c2cc(Cl)cc(C(F)(F)F)c2)C1. The molecule has 23 heavy (non-hydrogen) atoms. The minimum Gasteiger partial charge on any atom is -0.462 e.